The summed E-state index contributed by atoms with van der Waals surface area (Å²) in [6.07, 6.45) is 0.681. The van der Waals surface area contributed by atoms with Crippen LogP contribution in [0.4, 0.5) is 0 Å². The average molecular weight is 521 g/mol. The van der Waals surface area contributed by atoms with E-state index in [1.165, 1.54) is 0 Å². The fourth-order valence-corrected chi connectivity index (χ4v) is 4.38. The first kappa shape index (κ1) is 25.7. The number of amides is 2. The summed E-state index contributed by atoms with van der Waals surface area (Å²) in [4.78, 5) is 29.0. The van der Waals surface area contributed by atoms with E-state index in [4.69, 9.17) is 0 Å². The van der Waals surface area contributed by atoms with E-state index in [9.17, 15) is 9.59 Å². The molecule has 178 valence electrons. The molecule has 3 aromatic carbocycles. The van der Waals surface area contributed by atoms with Crippen molar-refractivity contribution in [1.29, 1.82) is 0 Å². The molecule has 0 aromatic heterocycles. The SMILES string of the molecule is Cc1cccc(CC(=O)N(Cc2cccc(Br)c2)C(Cc2ccccc2)C(=O)NC(C)(C)C)c1. The number of carbonyl (C=O) groups is 2. The monoisotopic (exact) mass is 520 g/mol. The zero-order valence-electron chi connectivity index (χ0n) is 20.3. The Labute approximate surface area is 211 Å². The van der Waals surface area contributed by atoms with E-state index in [1.54, 1.807) is 4.90 Å². The van der Waals surface area contributed by atoms with Gasteiger partial charge in [0.1, 0.15) is 6.04 Å². The van der Waals surface area contributed by atoms with E-state index in [1.807, 2.05) is 107 Å². The zero-order valence-corrected chi connectivity index (χ0v) is 21.9. The van der Waals surface area contributed by atoms with Gasteiger partial charge in [0.2, 0.25) is 11.8 Å². The van der Waals surface area contributed by atoms with Crippen LogP contribution in [0, 0.1) is 6.92 Å². The highest BCUT2D eigenvalue weighted by atomic mass is 79.9. The molecule has 3 rings (SSSR count). The van der Waals surface area contributed by atoms with Crippen molar-refractivity contribution in [3.63, 3.8) is 0 Å². The second kappa shape index (κ2) is 11.5. The first-order valence-electron chi connectivity index (χ1n) is 11.6. The zero-order chi connectivity index (χ0) is 24.7. The van der Waals surface area contributed by atoms with Crippen LogP contribution in [0.15, 0.2) is 83.3 Å². The average Bonchev–Trinajstić information content (AvgIpc) is 2.75. The molecule has 0 spiro atoms. The van der Waals surface area contributed by atoms with Crippen LogP contribution in [0.5, 0.6) is 0 Å². The fraction of sp³-hybridized carbons (Fsp3) is 0.310. The summed E-state index contributed by atoms with van der Waals surface area (Å²) < 4.78 is 0.940. The Kier molecular flexibility index (Phi) is 8.67. The van der Waals surface area contributed by atoms with Gasteiger partial charge in [0.05, 0.1) is 6.42 Å². The highest BCUT2D eigenvalue weighted by Gasteiger charge is 2.32. The van der Waals surface area contributed by atoms with Crippen LogP contribution in [0.3, 0.4) is 0 Å². The summed E-state index contributed by atoms with van der Waals surface area (Å²) in [5.74, 6) is -0.223. The predicted octanol–water partition coefficient (Wildman–Crippen LogP) is 5.85. The lowest BCUT2D eigenvalue weighted by Gasteiger charge is -2.34. The van der Waals surface area contributed by atoms with Crippen molar-refractivity contribution in [1.82, 2.24) is 10.2 Å². The standard InChI is InChI=1S/C29H33BrN2O2/c1-21-10-8-13-23(16-21)19-27(33)32(20-24-14-9-15-25(30)17-24)26(28(34)31-29(2,3)4)18-22-11-6-5-7-12-22/h5-17,26H,18-20H2,1-4H3,(H,31,34). The van der Waals surface area contributed by atoms with Gasteiger partial charge in [-0.1, -0.05) is 88.2 Å². The molecule has 0 fully saturated rings. The topological polar surface area (TPSA) is 49.4 Å². The fourth-order valence-electron chi connectivity index (χ4n) is 3.94. The number of hydrogen-bond donors (Lipinski definition) is 1. The third-order valence-corrected chi connectivity index (χ3v) is 5.94. The molecule has 2 amide bonds. The number of carbonyl (C=O) groups excluding carboxylic acids is 2. The largest absolute Gasteiger partial charge is 0.350 e. The first-order chi connectivity index (χ1) is 16.1. The minimum atomic E-state index is -0.641. The van der Waals surface area contributed by atoms with Crippen molar-refractivity contribution in [2.45, 2.75) is 58.7 Å². The summed E-state index contributed by atoms with van der Waals surface area (Å²) in [6.45, 7) is 8.23. The van der Waals surface area contributed by atoms with E-state index >= 15 is 0 Å². The minimum Gasteiger partial charge on any atom is -0.350 e. The van der Waals surface area contributed by atoms with Gasteiger partial charge in [-0.3, -0.25) is 9.59 Å². The molecule has 4 nitrogen and oxygen atoms in total. The predicted molar refractivity (Wildman–Crippen MR) is 141 cm³/mol. The Balaban J connectivity index is 1.99. The molecule has 1 N–H and O–H groups in total. The highest BCUT2D eigenvalue weighted by Crippen LogP contribution is 2.20. The van der Waals surface area contributed by atoms with Gasteiger partial charge in [-0.15, -0.1) is 0 Å². The van der Waals surface area contributed by atoms with Crippen LogP contribution in [0.2, 0.25) is 0 Å². The third-order valence-electron chi connectivity index (χ3n) is 5.45. The number of nitrogens with zero attached hydrogens (tertiary/aromatic N) is 1. The Bertz CT molecular complexity index is 1120. The number of hydrogen-bond acceptors (Lipinski definition) is 2. The quantitative estimate of drug-likeness (QED) is 0.404. The first-order valence-corrected chi connectivity index (χ1v) is 12.4. The van der Waals surface area contributed by atoms with Crippen LogP contribution in [-0.4, -0.2) is 28.3 Å². The number of nitrogens with one attached hydrogen (secondary N) is 1. The molecule has 1 atom stereocenters. The molecule has 0 heterocycles. The lowest BCUT2D eigenvalue weighted by atomic mass is 9.99. The van der Waals surface area contributed by atoms with Crippen molar-refractivity contribution in [2.75, 3.05) is 0 Å². The van der Waals surface area contributed by atoms with E-state index < -0.39 is 11.6 Å². The summed E-state index contributed by atoms with van der Waals surface area (Å²) in [5, 5.41) is 3.10. The van der Waals surface area contributed by atoms with E-state index in [0.29, 0.717) is 13.0 Å². The van der Waals surface area contributed by atoms with E-state index in [2.05, 4.69) is 21.2 Å². The van der Waals surface area contributed by atoms with Crippen molar-refractivity contribution >= 4 is 27.7 Å². The molecular formula is C29H33BrN2O2. The Morgan fingerprint density at radius 1 is 0.882 bits per heavy atom. The van der Waals surface area contributed by atoms with Gasteiger partial charge in [-0.05, 0) is 56.5 Å². The maximum atomic E-state index is 13.7. The Hall–Kier alpha value is -2.92. The van der Waals surface area contributed by atoms with Gasteiger partial charge < -0.3 is 10.2 Å². The van der Waals surface area contributed by atoms with Gasteiger partial charge in [0.15, 0.2) is 0 Å². The summed E-state index contributed by atoms with van der Waals surface area (Å²) in [6, 6.07) is 25.1. The summed E-state index contributed by atoms with van der Waals surface area (Å²) in [7, 11) is 0. The molecule has 0 aliphatic rings. The van der Waals surface area contributed by atoms with Gasteiger partial charge >= 0.3 is 0 Å². The van der Waals surface area contributed by atoms with Gasteiger partial charge in [0, 0.05) is 23.0 Å². The van der Waals surface area contributed by atoms with E-state index in [-0.39, 0.29) is 18.2 Å². The van der Waals surface area contributed by atoms with Gasteiger partial charge in [0.25, 0.3) is 0 Å². The normalized spacial score (nSPS) is 12.1. The molecule has 0 saturated heterocycles. The third kappa shape index (κ3) is 7.84. The highest BCUT2D eigenvalue weighted by molar-refractivity contribution is 9.10. The van der Waals surface area contributed by atoms with Crippen molar-refractivity contribution in [3.8, 4) is 0 Å². The lowest BCUT2D eigenvalue weighted by molar-refractivity contribution is -0.141. The lowest BCUT2D eigenvalue weighted by Crippen LogP contribution is -2.54. The number of aryl methyl sites for hydroxylation is 1. The number of benzene rings is 3. The minimum absolute atomic E-state index is 0.0736. The van der Waals surface area contributed by atoms with Crippen LogP contribution in [0.25, 0.3) is 0 Å². The Morgan fingerprint density at radius 3 is 2.18 bits per heavy atom. The Morgan fingerprint density at radius 2 is 1.53 bits per heavy atom. The molecular weight excluding hydrogens is 488 g/mol. The smallest absolute Gasteiger partial charge is 0.243 e. The van der Waals surface area contributed by atoms with E-state index in [0.717, 1.165) is 26.7 Å². The molecule has 5 heteroatoms. The molecule has 3 aromatic rings. The van der Waals surface area contributed by atoms with Crippen LogP contribution in [0.1, 0.15) is 43.0 Å². The second-order valence-electron chi connectivity index (χ2n) is 9.76. The van der Waals surface area contributed by atoms with Crippen LogP contribution < -0.4 is 5.32 Å². The summed E-state index contributed by atoms with van der Waals surface area (Å²) >= 11 is 3.53. The van der Waals surface area contributed by atoms with Crippen LogP contribution >= 0.6 is 15.9 Å². The van der Waals surface area contributed by atoms with Crippen molar-refractivity contribution in [3.05, 3.63) is 106 Å². The molecule has 0 aliphatic heterocycles. The molecule has 0 radical (unpaired) electrons. The molecule has 0 aliphatic carbocycles. The number of halogens is 1. The molecule has 0 saturated carbocycles. The van der Waals surface area contributed by atoms with Crippen LogP contribution in [-0.2, 0) is 29.0 Å². The molecule has 1 unspecified atom stereocenters. The maximum Gasteiger partial charge on any atom is 0.243 e. The van der Waals surface area contributed by atoms with Gasteiger partial charge in [-0.25, -0.2) is 0 Å². The number of rotatable bonds is 8. The van der Waals surface area contributed by atoms with Gasteiger partial charge in [-0.2, -0.15) is 0 Å². The maximum absolute atomic E-state index is 13.7. The molecule has 0 bridgehead atoms. The molecule has 34 heavy (non-hydrogen) atoms. The summed E-state index contributed by atoms with van der Waals surface area (Å²) in [5.41, 5.74) is 3.62. The second-order valence-corrected chi connectivity index (χ2v) is 10.7. The van der Waals surface area contributed by atoms with Crippen molar-refractivity contribution < 1.29 is 9.59 Å². The van der Waals surface area contributed by atoms with Crippen molar-refractivity contribution in [2.24, 2.45) is 0 Å².